The highest BCUT2D eigenvalue weighted by atomic mass is 19.1. The number of halogens is 1. The second-order valence-electron chi connectivity index (χ2n) is 6.96. The number of benzene rings is 1. The van der Waals surface area contributed by atoms with E-state index in [-0.39, 0.29) is 5.54 Å². The molecule has 2 N–H and O–H groups in total. The second-order valence-corrected chi connectivity index (χ2v) is 6.96. The van der Waals surface area contributed by atoms with E-state index in [2.05, 4.69) is 11.9 Å². The summed E-state index contributed by atoms with van der Waals surface area (Å²) < 4.78 is 19.1. The Bertz CT molecular complexity index is 665. The van der Waals surface area contributed by atoms with Gasteiger partial charge in [-0.25, -0.2) is 4.98 Å². The molecular weight excluding hydrogens is 291 g/mol. The van der Waals surface area contributed by atoms with E-state index in [1.807, 2.05) is 39.0 Å². The quantitative estimate of drug-likeness (QED) is 0.807. The molecule has 0 saturated heterocycles. The maximum atomic E-state index is 13.2. The van der Waals surface area contributed by atoms with Gasteiger partial charge in [0.05, 0.1) is 6.61 Å². The van der Waals surface area contributed by atoms with Gasteiger partial charge >= 0.3 is 0 Å². The zero-order chi connectivity index (χ0) is 17.0. The predicted octanol–water partition coefficient (Wildman–Crippen LogP) is 4.34. The van der Waals surface area contributed by atoms with Crippen LogP contribution >= 0.6 is 0 Å². The summed E-state index contributed by atoms with van der Waals surface area (Å²) in [5.41, 5.74) is 8.64. The topological polar surface area (TPSA) is 48.1 Å². The van der Waals surface area contributed by atoms with Crippen LogP contribution in [-0.2, 0) is 0 Å². The molecule has 1 aromatic heterocycles. The first-order valence-corrected chi connectivity index (χ1v) is 7.89. The number of rotatable bonds is 6. The average Bonchev–Trinajstić information content (AvgIpc) is 2.44. The van der Waals surface area contributed by atoms with Crippen LogP contribution in [0.15, 0.2) is 36.5 Å². The smallest absolute Gasteiger partial charge is 0.213 e. The summed E-state index contributed by atoms with van der Waals surface area (Å²) in [4.78, 5) is 3.58. The van der Waals surface area contributed by atoms with Crippen LogP contribution < -0.4 is 10.5 Å². The maximum Gasteiger partial charge on any atom is 0.213 e. The van der Waals surface area contributed by atoms with E-state index < -0.39 is 5.95 Å². The van der Waals surface area contributed by atoms with Crippen molar-refractivity contribution in [3.63, 3.8) is 0 Å². The summed E-state index contributed by atoms with van der Waals surface area (Å²) in [6.07, 6.45) is 2.38. The lowest BCUT2D eigenvalue weighted by Crippen LogP contribution is -2.35. The molecule has 23 heavy (non-hydrogen) atoms. The lowest BCUT2D eigenvalue weighted by atomic mass is 9.93. The van der Waals surface area contributed by atoms with E-state index in [9.17, 15) is 4.39 Å². The van der Waals surface area contributed by atoms with Gasteiger partial charge in [-0.05, 0) is 68.0 Å². The van der Waals surface area contributed by atoms with Crippen LogP contribution in [0.25, 0.3) is 11.1 Å². The Kier molecular flexibility index (Phi) is 5.37. The van der Waals surface area contributed by atoms with Crippen molar-refractivity contribution < 1.29 is 9.13 Å². The summed E-state index contributed by atoms with van der Waals surface area (Å²) in [6.45, 7) is 8.81. The Morgan fingerprint density at radius 3 is 2.52 bits per heavy atom. The number of nitrogens with two attached hydrogens (primary N) is 1. The molecule has 1 aromatic carbocycles. The number of pyridine rings is 1. The van der Waals surface area contributed by atoms with Crippen LogP contribution in [0.2, 0.25) is 0 Å². The van der Waals surface area contributed by atoms with Gasteiger partial charge in [0, 0.05) is 17.8 Å². The van der Waals surface area contributed by atoms with Gasteiger partial charge in [0.15, 0.2) is 0 Å². The van der Waals surface area contributed by atoms with Gasteiger partial charge in [-0.3, -0.25) is 0 Å². The van der Waals surface area contributed by atoms with Crippen molar-refractivity contribution in [2.24, 2.45) is 11.7 Å². The first-order chi connectivity index (χ1) is 10.7. The second kappa shape index (κ2) is 7.09. The normalized spacial score (nSPS) is 13.0. The number of hydrogen-bond donors (Lipinski definition) is 1. The average molecular weight is 316 g/mol. The molecular formula is C19H25FN2O. The van der Waals surface area contributed by atoms with Gasteiger partial charge in [-0.15, -0.1) is 0 Å². The molecule has 1 atom stereocenters. The Morgan fingerprint density at radius 2 is 1.91 bits per heavy atom. The lowest BCUT2D eigenvalue weighted by molar-refractivity contribution is 0.228. The molecule has 0 amide bonds. The first-order valence-electron chi connectivity index (χ1n) is 7.89. The molecule has 0 aliphatic carbocycles. The molecule has 0 radical (unpaired) electrons. The molecule has 124 valence electrons. The summed E-state index contributed by atoms with van der Waals surface area (Å²) in [5, 5.41) is 0. The van der Waals surface area contributed by atoms with Crippen LogP contribution in [-0.4, -0.2) is 17.1 Å². The Hall–Kier alpha value is -1.94. The summed E-state index contributed by atoms with van der Waals surface area (Å²) in [7, 11) is 0. The van der Waals surface area contributed by atoms with Crippen LogP contribution in [0.5, 0.6) is 5.75 Å². The van der Waals surface area contributed by atoms with Crippen LogP contribution in [0.3, 0.4) is 0 Å². The summed E-state index contributed by atoms with van der Waals surface area (Å²) in [6, 6.07) is 9.10. The van der Waals surface area contributed by atoms with Gasteiger partial charge in [0.25, 0.3) is 0 Å². The molecule has 3 nitrogen and oxygen atoms in total. The fourth-order valence-electron chi connectivity index (χ4n) is 2.76. The number of aryl methyl sites for hydroxylation is 1. The van der Waals surface area contributed by atoms with Crippen molar-refractivity contribution in [2.75, 3.05) is 6.61 Å². The molecule has 0 aliphatic rings. The molecule has 0 saturated carbocycles. The van der Waals surface area contributed by atoms with Crippen molar-refractivity contribution >= 4 is 0 Å². The molecule has 4 heteroatoms. The van der Waals surface area contributed by atoms with E-state index in [0.717, 1.165) is 28.9 Å². The van der Waals surface area contributed by atoms with Gasteiger partial charge in [-0.1, -0.05) is 13.0 Å². The molecule has 1 heterocycles. The fraction of sp³-hybridized carbons (Fsp3) is 0.421. The number of nitrogens with zero attached hydrogens (tertiary/aromatic N) is 1. The SMILES string of the molecule is Cc1cc(-c2ccnc(F)c2)ccc1OCC(C)CC(C)(C)N. The Labute approximate surface area is 137 Å². The minimum Gasteiger partial charge on any atom is -0.493 e. The standard InChI is InChI=1S/C19H25FN2O/c1-13(11-19(3,4)21)12-23-17-6-5-15(9-14(17)2)16-7-8-22-18(20)10-16/h5-10,13H,11-12,21H2,1-4H3. The highest BCUT2D eigenvalue weighted by molar-refractivity contribution is 5.65. The zero-order valence-corrected chi connectivity index (χ0v) is 14.3. The molecule has 0 fully saturated rings. The van der Waals surface area contributed by atoms with Crippen LogP contribution in [0, 0.1) is 18.8 Å². The van der Waals surface area contributed by atoms with Gasteiger partial charge in [-0.2, -0.15) is 4.39 Å². The Morgan fingerprint density at radius 1 is 1.22 bits per heavy atom. The van der Waals surface area contributed by atoms with E-state index >= 15 is 0 Å². The zero-order valence-electron chi connectivity index (χ0n) is 14.3. The third kappa shape index (κ3) is 5.32. The van der Waals surface area contributed by atoms with Crippen LogP contribution in [0.1, 0.15) is 32.8 Å². The number of aromatic nitrogens is 1. The van der Waals surface area contributed by atoms with E-state index in [1.165, 1.54) is 12.3 Å². The van der Waals surface area contributed by atoms with Crippen molar-refractivity contribution in [1.29, 1.82) is 0 Å². The molecule has 0 spiro atoms. The molecule has 2 rings (SSSR count). The van der Waals surface area contributed by atoms with E-state index in [1.54, 1.807) is 6.07 Å². The van der Waals surface area contributed by atoms with Crippen molar-refractivity contribution in [1.82, 2.24) is 4.98 Å². The third-order valence-corrected chi connectivity index (χ3v) is 3.63. The van der Waals surface area contributed by atoms with E-state index in [0.29, 0.717) is 12.5 Å². The highest BCUT2D eigenvalue weighted by Crippen LogP contribution is 2.27. The summed E-state index contributed by atoms with van der Waals surface area (Å²) >= 11 is 0. The van der Waals surface area contributed by atoms with Crippen molar-refractivity contribution in [3.05, 3.63) is 48.0 Å². The van der Waals surface area contributed by atoms with Gasteiger partial charge in [0.2, 0.25) is 5.95 Å². The maximum absolute atomic E-state index is 13.2. The molecule has 0 bridgehead atoms. The lowest BCUT2D eigenvalue weighted by Gasteiger charge is -2.23. The minimum absolute atomic E-state index is 0.187. The predicted molar refractivity (Wildman–Crippen MR) is 91.9 cm³/mol. The third-order valence-electron chi connectivity index (χ3n) is 3.63. The number of ether oxygens (including phenoxy) is 1. The Balaban J connectivity index is 2.05. The molecule has 0 aliphatic heterocycles. The molecule has 1 unspecified atom stereocenters. The van der Waals surface area contributed by atoms with E-state index in [4.69, 9.17) is 10.5 Å². The minimum atomic E-state index is -0.473. The highest BCUT2D eigenvalue weighted by Gasteiger charge is 2.16. The summed E-state index contributed by atoms with van der Waals surface area (Å²) in [5.74, 6) is 0.757. The van der Waals surface area contributed by atoms with Gasteiger partial charge < -0.3 is 10.5 Å². The first kappa shape index (κ1) is 17.4. The largest absolute Gasteiger partial charge is 0.493 e. The molecule has 2 aromatic rings. The number of hydrogen-bond acceptors (Lipinski definition) is 3. The fourth-order valence-corrected chi connectivity index (χ4v) is 2.76. The van der Waals surface area contributed by atoms with Gasteiger partial charge in [0.1, 0.15) is 5.75 Å². The van der Waals surface area contributed by atoms with Crippen molar-refractivity contribution in [2.45, 2.75) is 39.7 Å². The van der Waals surface area contributed by atoms with Crippen LogP contribution in [0.4, 0.5) is 4.39 Å². The monoisotopic (exact) mass is 316 g/mol. The van der Waals surface area contributed by atoms with Crippen molar-refractivity contribution in [3.8, 4) is 16.9 Å².